The molecular formula is C10H13FN2O3S. The van der Waals surface area contributed by atoms with Crippen molar-refractivity contribution in [2.75, 3.05) is 21.1 Å². The van der Waals surface area contributed by atoms with E-state index in [1.807, 2.05) is 0 Å². The van der Waals surface area contributed by atoms with Crippen molar-refractivity contribution in [2.24, 2.45) is 0 Å². The first-order valence-corrected chi connectivity index (χ1v) is 6.19. The molecule has 0 radical (unpaired) electrons. The molecule has 94 valence electrons. The van der Waals surface area contributed by atoms with E-state index in [9.17, 15) is 17.6 Å². The molecule has 0 aliphatic heterocycles. The Balaban J connectivity index is 3.37. The van der Waals surface area contributed by atoms with Crippen LogP contribution < -0.4 is 5.32 Å². The van der Waals surface area contributed by atoms with Crippen molar-refractivity contribution in [2.45, 2.75) is 4.90 Å². The summed E-state index contributed by atoms with van der Waals surface area (Å²) in [5.74, 6) is -1.43. The molecule has 0 aromatic heterocycles. The molecule has 17 heavy (non-hydrogen) atoms. The maximum absolute atomic E-state index is 13.3. The van der Waals surface area contributed by atoms with Gasteiger partial charge in [0.05, 0.1) is 10.5 Å². The lowest BCUT2D eigenvalue weighted by atomic mass is 10.2. The molecular weight excluding hydrogens is 247 g/mol. The molecule has 0 fully saturated rings. The van der Waals surface area contributed by atoms with Gasteiger partial charge in [-0.3, -0.25) is 4.79 Å². The van der Waals surface area contributed by atoms with Gasteiger partial charge >= 0.3 is 0 Å². The average molecular weight is 260 g/mol. The van der Waals surface area contributed by atoms with Gasteiger partial charge in [-0.15, -0.1) is 0 Å². The molecule has 0 saturated carbocycles. The third kappa shape index (κ3) is 2.62. The Kier molecular flexibility index (Phi) is 3.84. The van der Waals surface area contributed by atoms with Crippen LogP contribution in [0.1, 0.15) is 10.4 Å². The third-order valence-electron chi connectivity index (χ3n) is 2.19. The van der Waals surface area contributed by atoms with Crippen molar-refractivity contribution < 1.29 is 17.6 Å². The van der Waals surface area contributed by atoms with Crippen LogP contribution in [0.15, 0.2) is 23.1 Å². The van der Waals surface area contributed by atoms with E-state index in [-0.39, 0.29) is 10.5 Å². The van der Waals surface area contributed by atoms with Crippen molar-refractivity contribution in [3.8, 4) is 0 Å². The fraction of sp³-hybridized carbons (Fsp3) is 0.300. The quantitative estimate of drug-likeness (QED) is 0.857. The van der Waals surface area contributed by atoms with E-state index in [2.05, 4.69) is 5.32 Å². The molecule has 7 heteroatoms. The van der Waals surface area contributed by atoms with Crippen molar-refractivity contribution in [1.82, 2.24) is 9.62 Å². The summed E-state index contributed by atoms with van der Waals surface area (Å²) in [4.78, 5) is 11.2. The van der Waals surface area contributed by atoms with Gasteiger partial charge in [0.25, 0.3) is 5.91 Å². The van der Waals surface area contributed by atoms with Gasteiger partial charge in [0, 0.05) is 21.1 Å². The van der Waals surface area contributed by atoms with Crippen LogP contribution in [-0.4, -0.2) is 39.8 Å². The monoisotopic (exact) mass is 260 g/mol. The van der Waals surface area contributed by atoms with Crippen LogP contribution >= 0.6 is 0 Å². The molecule has 1 N–H and O–H groups in total. The molecule has 5 nitrogen and oxygen atoms in total. The molecule has 1 rings (SSSR count). The van der Waals surface area contributed by atoms with Gasteiger partial charge < -0.3 is 5.32 Å². The summed E-state index contributed by atoms with van der Waals surface area (Å²) in [5, 5.41) is 2.24. The maximum Gasteiger partial charge on any atom is 0.254 e. The number of hydrogen-bond acceptors (Lipinski definition) is 3. The Morgan fingerprint density at radius 3 is 2.41 bits per heavy atom. The van der Waals surface area contributed by atoms with Gasteiger partial charge in [0.15, 0.2) is 0 Å². The second-order valence-electron chi connectivity index (χ2n) is 3.51. The Labute approximate surface area is 99.3 Å². The number of nitrogens with zero attached hydrogens (tertiary/aromatic N) is 1. The largest absolute Gasteiger partial charge is 0.355 e. The van der Waals surface area contributed by atoms with Crippen LogP contribution in [0.4, 0.5) is 4.39 Å². The van der Waals surface area contributed by atoms with Gasteiger partial charge in [-0.25, -0.2) is 17.1 Å². The van der Waals surface area contributed by atoms with Crippen molar-refractivity contribution in [1.29, 1.82) is 0 Å². The molecule has 0 unspecified atom stereocenters. The van der Waals surface area contributed by atoms with Crippen LogP contribution in [-0.2, 0) is 10.0 Å². The van der Waals surface area contributed by atoms with E-state index < -0.39 is 21.7 Å². The molecule has 0 saturated heterocycles. The number of rotatable bonds is 3. The number of hydrogen-bond donors (Lipinski definition) is 1. The molecule has 0 aliphatic carbocycles. The lowest BCUT2D eigenvalue weighted by Crippen LogP contribution is -2.24. The Morgan fingerprint density at radius 1 is 1.35 bits per heavy atom. The number of carbonyl (C=O) groups excluding carboxylic acids is 1. The molecule has 0 heterocycles. The highest BCUT2D eigenvalue weighted by molar-refractivity contribution is 7.89. The summed E-state index contributed by atoms with van der Waals surface area (Å²) in [6.45, 7) is 0. The van der Waals surface area contributed by atoms with Crippen molar-refractivity contribution in [3.63, 3.8) is 0 Å². The van der Waals surface area contributed by atoms with Gasteiger partial charge in [-0.2, -0.15) is 0 Å². The lowest BCUT2D eigenvalue weighted by molar-refractivity contribution is 0.0959. The SMILES string of the molecule is CNC(=O)c1cc(S(=O)(=O)N(C)C)ccc1F. The number of benzene rings is 1. The second-order valence-corrected chi connectivity index (χ2v) is 5.66. The first-order valence-electron chi connectivity index (χ1n) is 4.75. The minimum atomic E-state index is -3.67. The lowest BCUT2D eigenvalue weighted by Gasteiger charge is -2.12. The van der Waals surface area contributed by atoms with Crippen molar-refractivity contribution >= 4 is 15.9 Å². The first-order chi connectivity index (χ1) is 7.80. The van der Waals surface area contributed by atoms with Gasteiger partial charge in [0.1, 0.15) is 5.82 Å². The molecule has 1 aromatic carbocycles. The zero-order chi connectivity index (χ0) is 13.2. The minimum Gasteiger partial charge on any atom is -0.355 e. The maximum atomic E-state index is 13.3. The number of sulfonamides is 1. The molecule has 1 amide bonds. The predicted molar refractivity (Wildman–Crippen MR) is 60.7 cm³/mol. The van der Waals surface area contributed by atoms with Crippen LogP contribution in [0.5, 0.6) is 0 Å². The fourth-order valence-corrected chi connectivity index (χ4v) is 2.11. The van der Waals surface area contributed by atoms with Gasteiger partial charge in [-0.05, 0) is 18.2 Å². The predicted octanol–water partition coefficient (Wildman–Crippen LogP) is 0.436. The molecule has 0 atom stereocenters. The normalized spacial score (nSPS) is 11.6. The zero-order valence-electron chi connectivity index (χ0n) is 9.69. The highest BCUT2D eigenvalue weighted by Gasteiger charge is 2.20. The van der Waals surface area contributed by atoms with Crippen molar-refractivity contribution in [3.05, 3.63) is 29.6 Å². The summed E-state index contributed by atoms with van der Waals surface area (Å²) < 4.78 is 37.9. The topological polar surface area (TPSA) is 66.5 Å². The van der Waals surface area contributed by atoms with Crippen LogP contribution in [0.3, 0.4) is 0 Å². The Hall–Kier alpha value is -1.47. The number of carbonyl (C=O) groups is 1. The van der Waals surface area contributed by atoms with Gasteiger partial charge in [0.2, 0.25) is 10.0 Å². The summed E-state index contributed by atoms with van der Waals surface area (Å²) in [6, 6.07) is 3.10. The van der Waals surface area contributed by atoms with Crippen LogP contribution in [0.2, 0.25) is 0 Å². The Morgan fingerprint density at radius 2 is 1.94 bits per heavy atom. The number of halogens is 1. The van der Waals surface area contributed by atoms with E-state index >= 15 is 0 Å². The average Bonchev–Trinajstić information content (AvgIpc) is 2.28. The molecule has 0 bridgehead atoms. The van der Waals surface area contributed by atoms with E-state index in [4.69, 9.17) is 0 Å². The highest BCUT2D eigenvalue weighted by atomic mass is 32.2. The smallest absolute Gasteiger partial charge is 0.254 e. The van der Waals surface area contributed by atoms with E-state index in [1.54, 1.807) is 0 Å². The van der Waals surface area contributed by atoms with E-state index in [1.165, 1.54) is 21.1 Å². The summed E-state index contributed by atoms with van der Waals surface area (Å²) >= 11 is 0. The first kappa shape index (κ1) is 13.6. The molecule has 0 aliphatic rings. The summed E-state index contributed by atoms with van der Waals surface area (Å²) in [6.07, 6.45) is 0. The standard InChI is InChI=1S/C10H13FN2O3S/c1-12-10(14)8-6-7(4-5-9(8)11)17(15,16)13(2)3/h4-6H,1-3H3,(H,12,14). The van der Waals surface area contributed by atoms with E-state index in [0.29, 0.717) is 0 Å². The van der Waals surface area contributed by atoms with Crippen LogP contribution in [0.25, 0.3) is 0 Å². The van der Waals surface area contributed by atoms with Gasteiger partial charge in [-0.1, -0.05) is 0 Å². The Bertz CT molecular complexity index is 540. The van der Waals surface area contributed by atoms with E-state index in [0.717, 1.165) is 22.5 Å². The fourth-order valence-electron chi connectivity index (χ4n) is 1.18. The summed E-state index contributed by atoms with van der Waals surface area (Å²) in [7, 11) is 0.390. The number of amides is 1. The summed E-state index contributed by atoms with van der Waals surface area (Å²) in [5.41, 5.74) is -0.296. The highest BCUT2D eigenvalue weighted by Crippen LogP contribution is 2.17. The number of nitrogens with one attached hydrogen (secondary N) is 1. The molecule has 1 aromatic rings. The van der Waals surface area contributed by atoms with Crippen LogP contribution in [0, 0.1) is 5.82 Å². The second kappa shape index (κ2) is 4.80. The molecule has 0 spiro atoms. The minimum absolute atomic E-state index is 0.123. The third-order valence-corrected chi connectivity index (χ3v) is 4.00. The zero-order valence-corrected chi connectivity index (χ0v) is 10.5.